The Balaban J connectivity index is 2.78. The number of aliphatic imine (C=N–C) groups is 1. The molecular formula is C7H10N2. The molecule has 0 saturated carbocycles. The number of nitrogens with zero attached hydrogens (tertiary/aromatic N) is 1. The molecule has 48 valence electrons. The molecule has 0 heterocycles. The van der Waals surface area contributed by atoms with Crippen molar-refractivity contribution in [2.24, 2.45) is 10.7 Å². The van der Waals surface area contributed by atoms with Crippen LogP contribution >= 0.6 is 0 Å². The molecule has 1 aliphatic rings. The van der Waals surface area contributed by atoms with Crippen LogP contribution in [-0.2, 0) is 0 Å². The highest BCUT2D eigenvalue weighted by Crippen LogP contribution is 1.97. The standard InChI is InChI=1S/C7H10N2/c1-9-7-5-3-2-4-6(7)8/h2-6H,8H2,1H3. The van der Waals surface area contributed by atoms with Crippen molar-refractivity contribution < 1.29 is 0 Å². The molecule has 2 heteroatoms. The largest absolute Gasteiger partial charge is 0.319 e. The van der Waals surface area contributed by atoms with Crippen LogP contribution in [0.1, 0.15) is 0 Å². The number of allylic oxidation sites excluding steroid dienone is 2. The molecule has 0 bridgehead atoms. The summed E-state index contributed by atoms with van der Waals surface area (Å²) in [6.07, 6.45) is 7.71. The van der Waals surface area contributed by atoms with Crippen LogP contribution in [0.15, 0.2) is 29.3 Å². The molecule has 0 radical (unpaired) electrons. The first-order valence-corrected chi connectivity index (χ1v) is 2.91. The van der Waals surface area contributed by atoms with Gasteiger partial charge in [-0.25, -0.2) is 0 Å². The molecule has 2 nitrogen and oxygen atoms in total. The predicted molar refractivity (Wildman–Crippen MR) is 39.6 cm³/mol. The van der Waals surface area contributed by atoms with Gasteiger partial charge in [-0.05, 0) is 6.08 Å². The van der Waals surface area contributed by atoms with Crippen LogP contribution in [0.2, 0.25) is 0 Å². The first kappa shape index (κ1) is 6.23. The van der Waals surface area contributed by atoms with Gasteiger partial charge in [0.2, 0.25) is 0 Å². The van der Waals surface area contributed by atoms with E-state index in [9.17, 15) is 0 Å². The smallest absolute Gasteiger partial charge is 0.0654 e. The van der Waals surface area contributed by atoms with Crippen molar-refractivity contribution in [3.8, 4) is 0 Å². The Morgan fingerprint density at radius 2 is 2.33 bits per heavy atom. The fourth-order valence-corrected chi connectivity index (χ4v) is 0.771. The minimum Gasteiger partial charge on any atom is -0.319 e. The topological polar surface area (TPSA) is 38.4 Å². The van der Waals surface area contributed by atoms with Gasteiger partial charge in [0.15, 0.2) is 0 Å². The molecule has 9 heavy (non-hydrogen) atoms. The Hall–Kier alpha value is -0.890. The highest BCUT2D eigenvalue weighted by Gasteiger charge is 2.03. The van der Waals surface area contributed by atoms with Crippen LogP contribution in [0.3, 0.4) is 0 Å². The van der Waals surface area contributed by atoms with Crippen molar-refractivity contribution in [3.05, 3.63) is 24.3 Å². The van der Waals surface area contributed by atoms with Crippen LogP contribution < -0.4 is 5.73 Å². The lowest BCUT2D eigenvalue weighted by Gasteiger charge is -2.07. The third-order valence-corrected chi connectivity index (χ3v) is 1.30. The molecule has 0 aromatic rings. The molecule has 1 unspecified atom stereocenters. The molecule has 0 saturated heterocycles. The van der Waals surface area contributed by atoms with E-state index in [0.717, 1.165) is 5.71 Å². The normalized spacial score (nSPS) is 29.6. The molecular weight excluding hydrogens is 112 g/mol. The van der Waals surface area contributed by atoms with Gasteiger partial charge in [0.25, 0.3) is 0 Å². The summed E-state index contributed by atoms with van der Waals surface area (Å²) >= 11 is 0. The van der Waals surface area contributed by atoms with Crippen molar-refractivity contribution in [2.45, 2.75) is 6.04 Å². The van der Waals surface area contributed by atoms with E-state index in [-0.39, 0.29) is 6.04 Å². The van der Waals surface area contributed by atoms with E-state index < -0.39 is 0 Å². The van der Waals surface area contributed by atoms with Gasteiger partial charge in [0.05, 0.1) is 11.8 Å². The maximum absolute atomic E-state index is 5.62. The molecule has 2 N–H and O–H groups in total. The van der Waals surface area contributed by atoms with Crippen LogP contribution in [0.25, 0.3) is 0 Å². The minimum absolute atomic E-state index is 0.000000000000000222. The van der Waals surface area contributed by atoms with Crippen molar-refractivity contribution >= 4 is 5.71 Å². The SMILES string of the molecule is CN=C1C=CC=CC1N. The number of rotatable bonds is 0. The lowest BCUT2D eigenvalue weighted by molar-refractivity contribution is 1.07. The highest BCUT2D eigenvalue weighted by molar-refractivity contribution is 6.01. The second kappa shape index (κ2) is 2.60. The van der Waals surface area contributed by atoms with E-state index in [1.807, 2.05) is 24.3 Å². The Labute approximate surface area is 54.8 Å². The number of hydrogen-bond donors (Lipinski definition) is 1. The summed E-state index contributed by atoms with van der Waals surface area (Å²) in [5.41, 5.74) is 6.56. The lowest BCUT2D eigenvalue weighted by Crippen LogP contribution is -2.27. The maximum atomic E-state index is 5.62. The minimum atomic E-state index is -0.000000000000000222. The molecule has 0 fully saturated rings. The molecule has 0 amide bonds. The van der Waals surface area contributed by atoms with Gasteiger partial charge in [-0.2, -0.15) is 0 Å². The van der Waals surface area contributed by atoms with Crippen molar-refractivity contribution in [3.63, 3.8) is 0 Å². The highest BCUT2D eigenvalue weighted by atomic mass is 14.8. The summed E-state index contributed by atoms with van der Waals surface area (Å²) in [4.78, 5) is 3.98. The third-order valence-electron chi connectivity index (χ3n) is 1.30. The van der Waals surface area contributed by atoms with Crippen molar-refractivity contribution in [1.82, 2.24) is 0 Å². The molecule has 1 atom stereocenters. The zero-order chi connectivity index (χ0) is 6.69. The average Bonchev–Trinajstić information content (AvgIpc) is 1.89. The first-order chi connectivity index (χ1) is 4.34. The van der Waals surface area contributed by atoms with Crippen LogP contribution in [0, 0.1) is 0 Å². The summed E-state index contributed by atoms with van der Waals surface area (Å²) < 4.78 is 0. The number of nitrogens with two attached hydrogens (primary N) is 1. The maximum Gasteiger partial charge on any atom is 0.0654 e. The Kier molecular flexibility index (Phi) is 1.80. The summed E-state index contributed by atoms with van der Waals surface area (Å²) in [6.45, 7) is 0. The summed E-state index contributed by atoms with van der Waals surface area (Å²) in [5, 5.41) is 0. The Morgan fingerprint density at radius 1 is 1.56 bits per heavy atom. The van der Waals surface area contributed by atoms with E-state index in [1.165, 1.54) is 0 Å². The van der Waals surface area contributed by atoms with E-state index in [2.05, 4.69) is 4.99 Å². The van der Waals surface area contributed by atoms with E-state index in [4.69, 9.17) is 5.73 Å². The van der Waals surface area contributed by atoms with Gasteiger partial charge >= 0.3 is 0 Å². The molecule has 1 aliphatic carbocycles. The summed E-state index contributed by atoms with van der Waals surface area (Å²) in [7, 11) is 1.75. The van der Waals surface area contributed by atoms with Gasteiger partial charge in [0.1, 0.15) is 0 Å². The average molecular weight is 122 g/mol. The van der Waals surface area contributed by atoms with Gasteiger partial charge in [-0.3, -0.25) is 4.99 Å². The van der Waals surface area contributed by atoms with Gasteiger partial charge in [-0.1, -0.05) is 18.2 Å². The zero-order valence-corrected chi connectivity index (χ0v) is 5.41. The molecule has 0 aliphatic heterocycles. The predicted octanol–water partition coefficient (Wildman–Crippen LogP) is 0.511. The summed E-state index contributed by atoms with van der Waals surface area (Å²) in [6, 6.07) is -0.000000000000000222. The van der Waals surface area contributed by atoms with Gasteiger partial charge < -0.3 is 5.73 Å². The molecule has 0 aromatic carbocycles. The van der Waals surface area contributed by atoms with Crippen molar-refractivity contribution in [2.75, 3.05) is 7.05 Å². The summed E-state index contributed by atoms with van der Waals surface area (Å²) in [5.74, 6) is 0. The zero-order valence-electron chi connectivity index (χ0n) is 5.41. The lowest BCUT2D eigenvalue weighted by atomic mass is 10.1. The second-order valence-electron chi connectivity index (χ2n) is 1.92. The second-order valence-corrected chi connectivity index (χ2v) is 1.92. The monoisotopic (exact) mass is 122 g/mol. The van der Waals surface area contributed by atoms with E-state index in [1.54, 1.807) is 7.05 Å². The fourth-order valence-electron chi connectivity index (χ4n) is 0.771. The van der Waals surface area contributed by atoms with Gasteiger partial charge in [-0.15, -0.1) is 0 Å². The number of hydrogen-bond acceptors (Lipinski definition) is 2. The third kappa shape index (κ3) is 1.27. The Morgan fingerprint density at radius 3 is 2.78 bits per heavy atom. The quantitative estimate of drug-likeness (QED) is 0.499. The van der Waals surface area contributed by atoms with Crippen LogP contribution in [0.4, 0.5) is 0 Å². The van der Waals surface area contributed by atoms with E-state index in [0.29, 0.717) is 0 Å². The van der Waals surface area contributed by atoms with Gasteiger partial charge in [0, 0.05) is 7.05 Å². The van der Waals surface area contributed by atoms with E-state index >= 15 is 0 Å². The Bertz CT molecular complexity index is 177. The van der Waals surface area contributed by atoms with Crippen LogP contribution in [0.5, 0.6) is 0 Å². The molecule has 0 aromatic heterocycles. The van der Waals surface area contributed by atoms with Crippen molar-refractivity contribution in [1.29, 1.82) is 0 Å². The fraction of sp³-hybridized carbons (Fsp3) is 0.286. The molecule has 0 spiro atoms. The first-order valence-electron chi connectivity index (χ1n) is 2.91. The molecule has 1 rings (SSSR count). The van der Waals surface area contributed by atoms with Crippen LogP contribution in [-0.4, -0.2) is 18.8 Å².